The number of nitro benzene ring substituents is 2. The topological polar surface area (TPSA) is 133 Å². The van der Waals surface area contributed by atoms with Gasteiger partial charge in [0.05, 0.1) is 15.5 Å². The molecule has 0 saturated heterocycles. The Labute approximate surface area is 155 Å². The predicted octanol–water partition coefficient (Wildman–Crippen LogP) is 3.53. The Hall–Kier alpha value is -3.51. The van der Waals surface area contributed by atoms with Crippen molar-refractivity contribution in [2.75, 3.05) is 5.32 Å². The number of benzene rings is 1. The van der Waals surface area contributed by atoms with Crippen LogP contribution in [0, 0.1) is 34.1 Å². The number of nitrogens with zero attached hydrogens (tertiary/aromatic N) is 4. The van der Waals surface area contributed by atoms with Crippen molar-refractivity contribution in [1.29, 1.82) is 0 Å². The van der Waals surface area contributed by atoms with Crippen LogP contribution in [0.1, 0.15) is 29.9 Å². The van der Waals surface area contributed by atoms with Crippen LogP contribution in [-0.4, -0.2) is 25.5 Å². The molecule has 13 heteroatoms. The molecular weight excluding hydrogens is 387 g/mol. The lowest BCUT2D eigenvalue weighted by molar-refractivity contribution is -0.395. The van der Waals surface area contributed by atoms with E-state index >= 15 is 0 Å². The van der Waals surface area contributed by atoms with Crippen LogP contribution in [0.25, 0.3) is 0 Å². The molecule has 0 aliphatic rings. The molecule has 1 atom stereocenters. The zero-order valence-electron chi connectivity index (χ0n) is 14.8. The standard InChI is InChI=1S/C15H14F3N5O5/c1-7-4-13(15(16,17)18)20-21(7)9(3)14(24)19-10-5-11(22(25)26)8(2)12(6-10)23(27)28/h4-6,9H,1-3H3,(H,19,24). The fourth-order valence-electron chi connectivity index (χ4n) is 2.51. The van der Waals surface area contributed by atoms with E-state index in [1.807, 2.05) is 0 Å². The van der Waals surface area contributed by atoms with Gasteiger partial charge < -0.3 is 5.32 Å². The second-order valence-corrected chi connectivity index (χ2v) is 5.93. The van der Waals surface area contributed by atoms with Gasteiger partial charge in [0.1, 0.15) is 11.6 Å². The molecule has 1 aromatic heterocycles. The van der Waals surface area contributed by atoms with Crippen molar-refractivity contribution in [3.63, 3.8) is 0 Å². The first-order valence-electron chi connectivity index (χ1n) is 7.70. The third kappa shape index (κ3) is 4.07. The number of halogens is 3. The summed E-state index contributed by atoms with van der Waals surface area (Å²) >= 11 is 0. The maximum Gasteiger partial charge on any atom is 0.435 e. The van der Waals surface area contributed by atoms with E-state index < -0.39 is 45.0 Å². The van der Waals surface area contributed by atoms with Gasteiger partial charge in [-0.1, -0.05) is 0 Å². The molecule has 1 heterocycles. The molecule has 2 rings (SSSR count). The van der Waals surface area contributed by atoms with Gasteiger partial charge in [-0.15, -0.1) is 0 Å². The van der Waals surface area contributed by atoms with Crippen LogP contribution in [0.2, 0.25) is 0 Å². The number of carbonyl (C=O) groups is 1. The number of alkyl halides is 3. The van der Waals surface area contributed by atoms with Gasteiger partial charge in [0, 0.05) is 17.8 Å². The normalized spacial score (nSPS) is 12.5. The number of amides is 1. The average molecular weight is 401 g/mol. The zero-order valence-corrected chi connectivity index (χ0v) is 14.8. The largest absolute Gasteiger partial charge is 0.435 e. The molecule has 10 nitrogen and oxygen atoms in total. The van der Waals surface area contributed by atoms with Crippen LogP contribution < -0.4 is 5.32 Å². The van der Waals surface area contributed by atoms with Crippen molar-refractivity contribution in [1.82, 2.24) is 9.78 Å². The third-order valence-corrected chi connectivity index (χ3v) is 3.97. The Morgan fingerprint density at radius 3 is 2.04 bits per heavy atom. The van der Waals surface area contributed by atoms with E-state index in [0.717, 1.165) is 22.9 Å². The zero-order chi connectivity index (χ0) is 21.4. The molecule has 1 N–H and O–H groups in total. The van der Waals surface area contributed by atoms with Crippen molar-refractivity contribution < 1.29 is 27.8 Å². The van der Waals surface area contributed by atoms with Gasteiger partial charge in [-0.3, -0.25) is 29.7 Å². The smallest absolute Gasteiger partial charge is 0.324 e. The Morgan fingerprint density at radius 2 is 1.64 bits per heavy atom. The molecule has 28 heavy (non-hydrogen) atoms. The van der Waals surface area contributed by atoms with E-state index in [2.05, 4.69) is 10.4 Å². The molecule has 0 radical (unpaired) electrons. The van der Waals surface area contributed by atoms with Gasteiger partial charge in [0.2, 0.25) is 5.91 Å². The molecule has 0 saturated carbocycles. The highest BCUT2D eigenvalue weighted by atomic mass is 19.4. The number of nitrogens with one attached hydrogen (secondary N) is 1. The predicted molar refractivity (Wildman–Crippen MR) is 89.8 cm³/mol. The lowest BCUT2D eigenvalue weighted by atomic mass is 10.1. The summed E-state index contributed by atoms with van der Waals surface area (Å²) < 4.78 is 39.1. The van der Waals surface area contributed by atoms with Crippen molar-refractivity contribution >= 4 is 23.0 Å². The molecule has 0 aliphatic carbocycles. The van der Waals surface area contributed by atoms with E-state index in [-0.39, 0.29) is 16.9 Å². The first kappa shape index (κ1) is 20.8. The van der Waals surface area contributed by atoms with Crippen LogP contribution in [-0.2, 0) is 11.0 Å². The van der Waals surface area contributed by atoms with Crippen LogP contribution >= 0.6 is 0 Å². The lowest BCUT2D eigenvalue weighted by Gasteiger charge is -2.15. The Morgan fingerprint density at radius 1 is 1.14 bits per heavy atom. The summed E-state index contributed by atoms with van der Waals surface area (Å²) in [4.78, 5) is 32.9. The first-order valence-corrected chi connectivity index (χ1v) is 7.70. The van der Waals surface area contributed by atoms with Gasteiger partial charge in [0.25, 0.3) is 11.4 Å². The SMILES string of the molecule is Cc1c([N+](=O)[O-])cc(NC(=O)C(C)n2nc(C(F)(F)F)cc2C)cc1[N+](=O)[O-]. The van der Waals surface area contributed by atoms with Crippen molar-refractivity contribution in [3.8, 4) is 0 Å². The molecule has 1 aromatic carbocycles. The molecule has 2 aromatic rings. The summed E-state index contributed by atoms with van der Waals surface area (Å²) in [5.74, 6) is -0.854. The summed E-state index contributed by atoms with van der Waals surface area (Å²) in [5, 5.41) is 27.8. The lowest BCUT2D eigenvalue weighted by Crippen LogP contribution is -2.25. The number of rotatable bonds is 5. The monoisotopic (exact) mass is 401 g/mol. The first-order chi connectivity index (χ1) is 12.8. The van der Waals surface area contributed by atoms with Crippen LogP contribution in [0.3, 0.4) is 0 Å². The highest BCUT2D eigenvalue weighted by Crippen LogP contribution is 2.32. The van der Waals surface area contributed by atoms with Gasteiger partial charge in [0.15, 0.2) is 5.69 Å². The summed E-state index contributed by atoms with van der Waals surface area (Å²) in [7, 11) is 0. The van der Waals surface area contributed by atoms with Crippen molar-refractivity contribution in [3.05, 3.63) is 55.4 Å². The average Bonchev–Trinajstić information content (AvgIpc) is 2.97. The molecule has 0 spiro atoms. The van der Waals surface area contributed by atoms with E-state index in [9.17, 15) is 38.2 Å². The molecule has 0 aliphatic heterocycles. The summed E-state index contributed by atoms with van der Waals surface area (Å²) in [6, 6.07) is 1.43. The molecule has 0 bridgehead atoms. The second kappa shape index (κ2) is 7.25. The van der Waals surface area contributed by atoms with E-state index in [0.29, 0.717) is 0 Å². The fraction of sp³-hybridized carbons (Fsp3) is 0.333. The number of aryl methyl sites for hydroxylation is 1. The summed E-state index contributed by atoms with van der Waals surface area (Å²) in [5.41, 5.74) is -2.69. The quantitative estimate of drug-likeness (QED) is 0.602. The summed E-state index contributed by atoms with van der Waals surface area (Å²) in [6.45, 7) is 3.79. The Balaban J connectivity index is 2.36. The Bertz CT molecular complexity index is 934. The van der Waals surface area contributed by atoms with Crippen LogP contribution in [0.4, 0.5) is 30.2 Å². The number of hydrogen-bond acceptors (Lipinski definition) is 6. The highest BCUT2D eigenvalue weighted by molar-refractivity contribution is 5.94. The molecule has 150 valence electrons. The minimum absolute atomic E-state index is 0.0656. The van der Waals surface area contributed by atoms with E-state index in [4.69, 9.17) is 0 Å². The number of anilines is 1. The molecule has 0 fully saturated rings. The number of carbonyl (C=O) groups excluding carboxylic acids is 1. The van der Waals surface area contributed by atoms with Gasteiger partial charge >= 0.3 is 6.18 Å². The third-order valence-electron chi connectivity index (χ3n) is 3.97. The van der Waals surface area contributed by atoms with Gasteiger partial charge in [-0.25, -0.2) is 0 Å². The molecule has 1 amide bonds. The Kier molecular flexibility index (Phi) is 5.38. The van der Waals surface area contributed by atoms with Gasteiger partial charge in [-0.2, -0.15) is 18.3 Å². The molecular formula is C15H14F3N5O5. The maximum absolute atomic E-state index is 12.8. The van der Waals surface area contributed by atoms with E-state index in [1.54, 1.807) is 0 Å². The number of aromatic nitrogens is 2. The minimum Gasteiger partial charge on any atom is -0.324 e. The van der Waals surface area contributed by atoms with Crippen molar-refractivity contribution in [2.45, 2.75) is 33.0 Å². The maximum atomic E-state index is 12.8. The second-order valence-electron chi connectivity index (χ2n) is 5.93. The van der Waals surface area contributed by atoms with Crippen LogP contribution in [0.5, 0.6) is 0 Å². The minimum atomic E-state index is -4.69. The number of nitro groups is 2. The number of hydrogen-bond donors (Lipinski definition) is 1. The summed E-state index contributed by atoms with van der Waals surface area (Å²) in [6.07, 6.45) is -4.69. The highest BCUT2D eigenvalue weighted by Gasteiger charge is 2.35. The fourth-order valence-corrected chi connectivity index (χ4v) is 2.51. The molecule has 1 unspecified atom stereocenters. The van der Waals surface area contributed by atoms with E-state index in [1.165, 1.54) is 20.8 Å². The van der Waals surface area contributed by atoms with Gasteiger partial charge in [-0.05, 0) is 26.8 Å². The van der Waals surface area contributed by atoms with Crippen LogP contribution in [0.15, 0.2) is 18.2 Å². The van der Waals surface area contributed by atoms with Crippen molar-refractivity contribution in [2.24, 2.45) is 0 Å².